The first kappa shape index (κ1) is 17.9. The number of pyridine rings is 1. The van der Waals surface area contributed by atoms with Gasteiger partial charge in [0, 0.05) is 33.8 Å². The topological polar surface area (TPSA) is 74.8 Å². The molecule has 26 heavy (non-hydrogen) atoms. The molecule has 0 radical (unpaired) electrons. The van der Waals surface area contributed by atoms with Crippen molar-refractivity contribution in [1.82, 2.24) is 14.7 Å². The Morgan fingerprint density at radius 1 is 1.31 bits per heavy atom. The number of halogens is 2. The first-order valence-electron chi connectivity index (χ1n) is 7.90. The lowest BCUT2D eigenvalue weighted by atomic mass is 10.1. The maximum absolute atomic E-state index is 12.9. The van der Waals surface area contributed by atoms with Crippen molar-refractivity contribution in [1.29, 1.82) is 0 Å². The number of fused-ring (bicyclic) bond motifs is 1. The highest BCUT2D eigenvalue weighted by atomic mass is 32.2. The number of rotatable bonds is 5. The second-order valence-corrected chi connectivity index (χ2v) is 10.1. The average Bonchev–Trinajstić information content (AvgIpc) is 3.33. The van der Waals surface area contributed by atoms with Gasteiger partial charge < -0.3 is 4.98 Å². The van der Waals surface area contributed by atoms with Crippen molar-refractivity contribution in [3.8, 4) is 10.4 Å². The Kier molecular flexibility index (Phi) is 4.76. The Morgan fingerprint density at radius 3 is 2.88 bits per heavy atom. The van der Waals surface area contributed by atoms with Crippen LogP contribution in [-0.2, 0) is 10.0 Å². The molecule has 5 nitrogen and oxygen atoms in total. The van der Waals surface area contributed by atoms with Crippen molar-refractivity contribution in [3.63, 3.8) is 0 Å². The van der Waals surface area contributed by atoms with Gasteiger partial charge in [-0.25, -0.2) is 26.9 Å². The second-order valence-electron chi connectivity index (χ2n) is 5.95. The number of nitrogens with one attached hydrogen (secondary N) is 2. The van der Waals surface area contributed by atoms with Crippen molar-refractivity contribution in [2.24, 2.45) is 0 Å². The largest absolute Gasteiger partial charge is 0.338 e. The molecule has 1 aliphatic heterocycles. The number of aromatic nitrogens is 2. The first-order chi connectivity index (χ1) is 12.4. The summed E-state index contributed by atoms with van der Waals surface area (Å²) in [5.41, 5.74) is 0.836. The molecule has 1 fully saturated rings. The van der Waals surface area contributed by atoms with Crippen LogP contribution in [0.3, 0.4) is 0 Å². The van der Waals surface area contributed by atoms with Gasteiger partial charge in [-0.2, -0.15) is 11.8 Å². The maximum atomic E-state index is 12.9. The van der Waals surface area contributed by atoms with Crippen LogP contribution in [0.15, 0.2) is 34.7 Å². The summed E-state index contributed by atoms with van der Waals surface area (Å²) in [5.74, 6) is 1.74. The highest BCUT2D eigenvalue weighted by Gasteiger charge is 2.25. The van der Waals surface area contributed by atoms with Crippen LogP contribution < -0.4 is 4.72 Å². The monoisotopic (exact) mass is 415 g/mol. The van der Waals surface area contributed by atoms with E-state index in [1.165, 1.54) is 12.3 Å². The Balaban J connectivity index is 1.68. The molecular formula is C16H15F2N3O2S3. The maximum Gasteiger partial charge on any atom is 0.278 e. The number of sulfonamides is 1. The number of aromatic amines is 1. The first-order valence-corrected chi connectivity index (χ1v) is 11.4. The summed E-state index contributed by atoms with van der Waals surface area (Å²) in [6.45, 7) is 0. The van der Waals surface area contributed by atoms with Crippen molar-refractivity contribution in [2.75, 3.05) is 11.5 Å². The Morgan fingerprint density at radius 2 is 2.15 bits per heavy atom. The molecule has 1 aliphatic rings. The van der Waals surface area contributed by atoms with E-state index in [2.05, 4.69) is 14.7 Å². The summed E-state index contributed by atoms with van der Waals surface area (Å²) in [4.78, 5) is 7.37. The van der Waals surface area contributed by atoms with Crippen LogP contribution >= 0.6 is 23.1 Å². The number of H-pyrrole nitrogens is 1. The second kappa shape index (κ2) is 6.91. The van der Waals surface area contributed by atoms with E-state index >= 15 is 0 Å². The van der Waals surface area contributed by atoms with Gasteiger partial charge in [0.2, 0.25) is 10.0 Å². The van der Waals surface area contributed by atoms with E-state index in [9.17, 15) is 17.2 Å². The third-order valence-electron chi connectivity index (χ3n) is 4.15. The molecule has 0 aliphatic carbocycles. The zero-order valence-corrected chi connectivity index (χ0v) is 15.9. The van der Waals surface area contributed by atoms with Crippen molar-refractivity contribution >= 4 is 44.2 Å². The molecule has 4 heterocycles. The van der Waals surface area contributed by atoms with Crippen molar-refractivity contribution < 1.29 is 17.2 Å². The Hall–Kier alpha value is -1.49. The quantitative estimate of drug-likeness (QED) is 0.660. The molecule has 0 saturated carbocycles. The van der Waals surface area contributed by atoms with Gasteiger partial charge in [-0.15, -0.1) is 11.3 Å². The molecule has 0 bridgehead atoms. The fourth-order valence-electron chi connectivity index (χ4n) is 2.89. The minimum atomic E-state index is -3.58. The van der Waals surface area contributed by atoms with E-state index in [1.807, 2.05) is 0 Å². The number of thioether (sulfide) groups is 1. The zero-order valence-electron chi connectivity index (χ0n) is 13.4. The van der Waals surface area contributed by atoms with Gasteiger partial charge in [-0.3, -0.25) is 0 Å². The number of hydrogen-bond donors (Lipinski definition) is 2. The lowest BCUT2D eigenvalue weighted by Gasteiger charge is -2.10. The SMILES string of the molecule is O=S(=O)(NC1CCSC1)c1ccc(-c2ccnc3[nH]c(C(F)F)cc23)s1. The normalized spacial score (nSPS) is 18.2. The molecule has 4 rings (SSSR count). The summed E-state index contributed by atoms with van der Waals surface area (Å²) in [6.07, 6.45) is -0.275. The number of hydrogen-bond acceptors (Lipinski definition) is 5. The van der Waals surface area contributed by atoms with Gasteiger partial charge in [0.1, 0.15) is 9.86 Å². The third-order valence-corrected chi connectivity index (χ3v) is 8.44. The van der Waals surface area contributed by atoms with Gasteiger partial charge in [0.15, 0.2) is 0 Å². The molecule has 2 N–H and O–H groups in total. The molecule has 0 spiro atoms. The summed E-state index contributed by atoms with van der Waals surface area (Å²) in [5, 5.41) is 0.550. The predicted octanol–water partition coefficient (Wildman–Crippen LogP) is 4.01. The van der Waals surface area contributed by atoms with Crippen LogP contribution in [0.1, 0.15) is 18.5 Å². The van der Waals surface area contributed by atoms with Crippen LogP contribution in [0.4, 0.5) is 8.78 Å². The standard InChI is InChI=1S/C16H15F2N3O2S3/c17-15(18)12-7-11-10(3-5-19-16(11)20-12)13-1-2-14(25-13)26(22,23)21-9-4-6-24-8-9/h1-3,5,7,9,15,21H,4,6,8H2,(H,19,20). The fraction of sp³-hybridized carbons (Fsp3) is 0.312. The van der Waals surface area contributed by atoms with Gasteiger partial charge in [0.25, 0.3) is 6.43 Å². The van der Waals surface area contributed by atoms with Gasteiger partial charge >= 0.3 is 0 Å². The van der Waals surface area contributed by atoms with E-state index in [-0.39, 0.29) is 15.9 Å². The molecule has 3 aromatic rings. The summed E-state index contributed by atoms with van der Waals surface area (Å²) >= 11 is 2.85. The molecular weight excluding hydrogens is 400 g/mol. The smallest absolute Gasteiger partial charge is 0.278 e. The fourth-order valence-corrected chi connectivity index (χ4v) is 6.78. The molecule has 1 atom stereocenters. The van der Waals surface area contributed by atoms with E-state index in [0.717, 1.165) is 29.3 Å². The van der Waals surface area contributed by atoms with Crippen molar-refractivity contribution in [2.45, 2.75) is 23.1 Å². The van der Waals surface area contributed by atoms with Crippen molar-refractivity contribution in [3.05, 3.63) is 36.2 Å². The molecule has 138 valence electrons. The summed E-state index contributed by atoms with van der Waals surface area (Å²) in [7, 11) is -3.58. The lowest BCUT2D eigenvalue weighted by Crippen LogP contribution is -2.34. The molecule has 0 aromatic carbocycles. The number of thiophene rings is 1. The third kappa shape index (κ3) is 3.38. The zero-order chi connectivity index (χ0) is 18.3. The van der Waals surface area contributed by atoms with E-state index in [0.29, 0.717) is 21.5 Å². The van der Waals surface area contributed by atoms with E-state index < -0.39 is 16.4 Å². The molecule has 3 aromatic heterocycles. The number of alkyl halides is 2. The van der Waals surface area contributed by atoms with Gasteiger partial charge in [-0.05, 0) is 36.4 Å². The summed E-state index contributed by atoms with van der Waals surface area (Å²) < 4.78 is 54.0. The molecule has 0 amide bonds. The molecule has 1 saturated heterocycles. The Bertz CT molecular complexity index is 1040. The lowest BCUT2D eigenvalue weighted by molar-refractivity contribution is 0.147. The van der Waals surface area contributed by atoms with E-state index in [4.69, 9.17) is 0 Å². The van der Waals surface area contributed by atoms with Crippen LogP contribution in [0.5, 0.6) is 0 Å². The number of nitrogens with zero attached hydrogens (tertiary/aromatic N) is 1. The highest BCUT2D eigenvalue weighted by Crippen LogP contribution is 2.36. The van der Waals surface area contributed by atoms with Crippen LogP contribution in [0.2, 0.25) is 0 Å². The molecule has 1 unspecified atom stereocenters. The minimum Gasteiger partial charge on any atom is -0.338 e. The van der Waals surface area contributed by atoms with Gasteiger partial charge in [-0.1, -0.05) is 0 Å². The highest BCUT2D eigenvalue weighted by molar-refractivity contribution is 7.99. The van der Waals surface area contributed by atoms with Crippen LogP contribution in [-0.4, -0.2) is 35.9 Å². The average molecular weight is 416 g/mol. The van der Waals surface area contributed by atoms with E-state index in [1.54, 1.807) is 30.0 Å². The van der Waals surface area contributed by atoms with Crippen LogP contribution in [0.25, 0.3) is 21.5 Å². The minimum absolute atomic E-state index is 0.0403. The van der Waals surface area contributed by atoms with Crippen LogP contribution in [0, 0.1) is 0 Å². The summed E-state index contributed by atoms with van der Waals surface area (Å²) in [6, 6.07) is 6.28. The predicted molar refractivity (Wildman–Crippen MR) is 100 cm³/mol. The Labute approximate surface area is 157 Å². The molecule has 10 heteroatoms. The van der Waals surface area contributed by atoms with Gasteiger partial charge in [0.05, 0.1) is 5.69 Å².